The van der Waals surface area contributed by atoms with E-state index in [0.717, 1.165) is 17.3 Å². The molecule has 18 heavy (non-hydrogen) atoms. The fourth-order valence-corrected chi connectivity index (χ4v) is 2.74. The second-order valence-electron chi connectivity index (χ2n) is 4.69. The predicted octanol–water partition coefficient (Wildman–Crippen LogP) is 4.39. The molecule has 0 saturated heterocycles. The Morgan fingerprint density at radius 1 is 1.11 bits per heavy atom. The number of halogens is 1. The van der Waals surface area contributed by atoms with Gasteiger partial charge in [0.05, 0.1) is 0 Å². The summed E-state index contributed by atoms with van der Waals surface area (Å²) < 4.78 is 1.10. The zero-order valence-electron chi connectivity index (χ0n) is 10.6. The fourth-order valence-electron chi connectivity index (χ4n) is 2.11. The average molecular weight is 304 g/mol. The molecule has 2 aromatic carbocycles. The van der Waals surface area contributed by atoms with E-state index in [4.69, 9.17) is 5.73 Å². The first-order chi connectivity index (χ1) is 8.65. The van der Waals surface area contributed by atoms with Crippen molar-refractivity contribution in [1.82, 2.24) is 0 Å². The summed E-state index contributed by atoms with van der Waals surface area (Å²) in [7, 11) is 0. The topological polar surface area (TPSA) is 26.0 Å². The Bertz CT molecular complexity index is 488. The van der Waals surface area contributed by atoms with Crippen LogP contribution < -0.4 is 5.73 Å². The molecule has 1 atom stereocenters. The molecular formula is C16H18BrN. The van der Waals surface area contributed by atoms with Crippen LogP contribution in [0.25, 0.3) is 0 Å². The van der Waals surface area contributed by atoms with Gasteiger partial charge in [0, 0.05) is 10.5 Å². The summed E-state index contributed by atoms with van der Waals surface area (Å²) in [6.07, 6.45) is 1.99. The van der Waals surface area contributed by atoms with Crippen molar-refractivity contribution < 1.29 is 0 Å². The van der Waals surface area contributed by atoms with Crippen molar-refractivity contribution in [1.29, 1.82) is 0 Å². The Balaban J connectivity index is 2.01. The van der Waals surface area contributed by atoms with E-state index >= 15 is 0 Å². The molecule has 1 unspecified atom stereocenters. The first kappa shape index (κ1) is 13.3. The standard InChI is InChI=1S/C16H18BrN/c1-12-9-14(11-15(17)10-12)16(18)8-7-13-5-3-2-4-6-13/h2-6,9-11,16H,7-8,18H2,1H3. The van der Waals surface area contributed by atoms with E-state index in [2.05, 4.69) is 65.3 Å². The number of hydrogen-bond donors (Lipinski definition) is 1. The van der Waals surface area contributed by atoms with Crippen molar-refractivity contribution in [3.63, 3.8) is 0 Å². The SMILES string of the molecule is Cc1cc(Br)cc(C(N)CCc2ccccc2)c1. The predicted molar refractivity (Wildman–Crippen MR) is 80.6 cm³/mol. The monoisotopic (exact) mass is 303 g/mol. The van der Waals surface area contributed by atoms with E-state index in [9.17, 15) is 0 Å². The van der Waals surface area contributed by atoms with Crippen LogP contribution in [-0.2, 0) is 6.42 Å². The van der Waals surface area contributed by atoms with Crippen molar-refractivity contribution in [3.05, 3.63) is 69.7 Å². The smallest absolute Gasteiger partial charge is 0.0298 e. The van der Waals surface area contributed by atoms with Crippen molar-refractivity contribution in [2.75, 3.05) is 0 Å². The lowest BCUT2D eigenvalue weighted by Gasteiger charge is -2.13. The molecule has 0 aliphatic carbocycles. The Morgan fingerprint density at radius 2 is 1.83 bits per heavy atom. The third-order valence-corrected chi connectivity index (χ3v) is 3.54. The third kappa shape index (κ3) is 3.69. The van der Waals surface area contributed by atoms with Gasteiger partial charge < -0.3 is 5.73 Å². The van der Waals surface area contributed by atoms with Gasteiger partial charge in [0.1, 0.15) is 0 Å². The molecule has 0 amide bonds. The van der Waals surface area contributed by atoms with Crippen molar-refractivity contribution in [2.45, 2.75) is 25.8 Å². The largest absolute Gasteiger partial charge is 0.324 e. The lowest BCUT2D eigenvalue weighted by atomic mass is 9.98. The lowest BCUT2D eigenvalue weighted by molar-refractivity contribution is 0.650. The highest BCUT2D eigenvalue weighted by Gasteiger charge is 2.07. The Labute approximate surface area is 117 Å². The van der Waals surface area contributed by atoms with Gasteiger partial charge in [0.25, 0.3) is 0 Å². The minimum absolute atomic E-state index is 0.0985. The minimum atomic E-state index is 0.0985. The van der Waals surface area contributed by atoms with E-state index < -0.39 is 0 Å². The van der Waals surface area contributed by atoms with Crippen molar-refractivity contribution >= 4 is 15.9 Å². The Hall–Kier alpha value is -1.12. The van der Waals surface area contributed by atoms with Gasteiger partial charge in [-0.1, -0.05) is 52.3 Å². The number of benzene rings is 2. The molecule has 0 aromatic heterocycles. The maximum Gasteiger partial charge on any atom is 0.0298 e. The zero-order chi connectivity index (χ0) is 13.0. The van der Waals surface area contributed by atoms with Gasteiger partial charge in [-0.2, -0.15) is 0 Å². The lowest BCUT2D eigenvalue weighted by Crippen LogP contribution is -2.11. The Morgan fingerprint density at radius 3 is 2.50 bits per heavy atom. The van der Waals surface area contributed by atoms with Gasteiger partial charge in [-0.25, -0.2) is 0 Å². The molecule has 2 N–H and O–H groups in total. The van der Waals surface area contributed by atoms with Crippen LogP contribution in [0.2, 0.25) is 0 Å². The highest BCUT2D eigenvalue weighted by Crippen LogP contribution is 2.22. The molecule has 2 aromatic rings. The molecule has 0 aliphatic rings. The van der Waals surface area contributed by atoms with E-state index in [-0.39, 0.29) is 6.04 Å². The second kappa shape index (κ2) is 6.17. The van der Waals surface area contributed by atoms with Gasteiger partial charge in [0.15, 0.2) is 0 Å². The van der Waals surface area contributed by atoms with Crippen LogP contribution >= 0.6 is 15.9 Å². The molecule has 2 heteroatoms. The zero-order valence-corrected chi connectivity index (χ0v) is 12.2. The van der Waals surface area contributed by atoms with Crippen LogP contribution in [0.3, 0.4) is 0 Å². The quantitative estimate of drug-likeness (QED) is 0.890. The highest BCUT2D eigenvalue weighted by atomic mass is 79.9. The number of nitrogens with two attached hydrogens (primary N) is 1. The summed E-state index contributed by atoms with van der Waals surface area (Å²) in [5, 5.41) is 0. The summed E-state index contributed by atoms with van der Waals surface area (Å²) in [5.74, 6) is 0. The second-order valence-corrected chi connectivity index (χ2v) is 5.61. The van der Waals surface area contributed by atoms with Crippen LogP contribution in [0.15, 0.2) is 53.0 Å². The average Bonchev–Trinajstić information content (AvgIpc) is 2.36. The summed E-state index contributed by atoms with van der Waals surface area (Å²) in [4.78, 5) is 0. The summed E-state index contributed by atoms with van der Waals surface area (Å²) in [6.45, 7) is 2.10. The first-order valence-electron chi connectivity index (χ1n) is 6.22. The van der Waals surface area contributed by atoms with Crippen LogP contribution in [0.4, 0.5) is 0 Å². The van der Waals surface area contributed by atoms with Crippen LogP contribution in [0.1, 0.15) is 29.2 Å². The van der Waals surface area contributed by atoms with Gasteiger partial charge >= 0.3 is 0 Å². The van der Waals surface area contributed by atoms with Crippen molar-refractivity contribution in [3.8, 4) is 0 Å². The maximum atomic E-state index is 6.26. The van der Waals surface area contributed by atoms with E-state index in [0.29, 0.717) is 0 Å². The molecule has 0 fully saturated rings. The maximum absolute atomic E-state index is 6.26. The molecule has 0 radical (unpaired) electrons. The third-order valence-electron chi connectivity index (χ3n) is 3.08. The van der Waals surface area contributed by atoms with Gasteiger partial charge in [-0.05, 0) is 48.6 Å². The van der Waals surface area contributed by atoms with Crippen LogP contribution in [0.5, 0.6) is 0 Å². The number of aryl methyl sites for hydroxylation is 2. The molecule has 0 heterocycles. The Kier molecular flexibility index (Phi) is 4.56. The summed E-state index contributed by atoms with van der Waals surface area (Å²) >= 11 is 3.52. The van der Waals surface area contributed by atoms with E-state index in [1.54, 1.807) is 0 Å². The van der Waals surface area contributed by atoms with Crippen LogP contribution in [0, 0.1) is 6.92 Å². The minimum Gasteiger partial charge on any atom is -0.324 e. The molecule has 0 spiro atoms. The fraction of sp³-hybridized carbons (Fsp3) is 0.250. The molecule has 0 bridgehead atoms. The normalized spacial score (nSPS) is 12.4. The van der Waals surface area contributed by atoms with Gasteiger partial charge in [-0.3, -0.25) is 0 Å². The van der Waals surface area contributed by atoms with Gasteiger partial charge in [0.2, 0.25) is 0 Å². The van der Waals surface area contributed by atoms with Crippen LogP contribution in [-0.4, -0.2) is 0 Å². The van der Waals surface area contributed by atoms with Crippen molar-refractivity contribution in [2.24, 2.45) is 5.73 Å². The molecule has 94 valence electrons. The molecule has 0 saturated carbocycles. The number of rotatable bonds is 4. The molecule has 2 rings (SSSR count). The van der Waals surface area contributed by atoms with E-state index in [1.807, 2.05) is 6.07 Å². The summed E-state index contributed by atoms with van der Waals surface area (Å²) in [5.41, 5.74) is 10.1. The number of hydrogen-bond acceptors (Lipinski definition) is 1. The first-order valence-corrected chi connectivity index (χ1v) is 7.01. The molecule has 1 nitrogen and oxygen atoms in total. The summed E-state index contributed by atoms with van der Waals surface area (Å²) in [6, 6.07) is 17.0. The van der Waals surface area contributed by atoms with Gasteiger partial charge in [-0.15, -0.1) is 0 Å². The van der Waals surface area contributed by atoms with E-state index in [1.165, 1.54) is 16.7 Å². The molecular weight excluding hydrogens is 286 g/mol. The highest BCUT2D eigenvalue weighted by molar-refractivity contribution is 9.10. The molecule has 0 aliphatic heterocycles.